The maximum Gasteiger partial charge on any atom is 0.0245 e. The molecule has 0 amide bonds. The first-order valence-corrected chi connectivity index (χ1v) is 7.22. The lowest BCUT2D eigenvalue weighted by atomic mass is 10.1. The third-order valence-electron chi connectivity index (χ3n) is 3.53. The first-order valence-electron chi connectivity index (χ1n) is 6.28. The summed E-state index contributed by atoms with van der Waals surface area (Å²) in [7, 11) is 0. The van der Waals surface area contributed by atoms with Gasteiger partial charge in [0.2, 0.25) is 0 Å². The van der Waals surface area contributed by atoms with Crippen molar-refractivity contribution in [3.63, 3.8) is 0 Å². The molecule has 2 nitrogen and oxygen atoms in total. The Bertz CT molecular complexity index is 297. The summed E-state index contributed by atoms with van der Waals surface area (Å²) in [5.74, 6) is 0. The molecular weight excluding hydrogens is 216 g/mol. The molecule has 2 heterocycles. The fraction of sp³-hybridized carbons (Fsp3) is 0.692. The van der Waals surface area contributed by atoms with Gasteiger partial charge in [-0.15, -0.1) is 0 Å². The summed E-state index contributed by atoms with van der Waals surface area (Å²) in [5, 5.41) is 8.08. The van der Waals surface area contributed by atoms with E-state index in [1.165, 1.54) is 31.5 Å². The van der Waals surface area contributed by atoms with E-state index in [4.69, 9.17) is 0 Å². The van der Waals surface area contributed by atoms with Gasteiger partial charge in [-0.25, -0.2) is 0 Å². The van der Waals surface area contributed by atoms with Gasteiger partial charge in [0.25, 0.3) is 0 Å². The number of nitrogens with one attached hydrogen (secondary N) is 1. The Morgan fingerprint density at radius 3 is 3.12 bits per heavy atom. The van der Waals surface area contributed by atoms with E-state index in [9.17, 15) is 0 Å². The molecule has 1 aromatic heterocycles. The van der Waals surface area contributed by atoms with E-state index >= 15 is 0 Å². The summed E-state index contributed by atoms with van der Waals surface area (Å²) in [5.41, 5.74) is 1.47. The van der Waals surface area contributed by atoms with Gasteiger partial charge >= 0.3 is 0 Å². The molecule has 0 bridgehead atoms. The number of thiophene rings is 1. The topological polar surface area (TPSA) is 15.3 Å². The average molecular weight is 238 g/mol. The van der Waals surface area contributed by atoms with Gasteiger partial charge in [0, 0.05) is 25.2 Å². The van der Waals surface area contributed by atoms with Gasteiger partial charge in [-0.1, -0.05) is 6.92 Å². The summed E-state index contributed by atoms with van der Waals surface area (Å²) in [6, 6.07) is 3.61. The molecule has 3 heteroatoms. The van der Waals surface area contributed by atoms with Crippen LogP contribution >= 0.6 is 11.3 Å². The summed E-state index contributed by atoms with van der Waals surface area (Å²) >= 11 is 1.80. The molecule has 2 atom stereocenters. The molecule has 1 aliphatic heterocycles. The van der Waals surface area contributed by atoms with Crippen LogP contribution in [0.5, 0.6) is 0 Å². The molecule has 1 aromatic rings. The van der Waals surface area contributed by atoms with Gasteiger partial charge in [0.15, 0.2) is 0 Å². The second kappa shape index (κ2) is 5.80. The Kier molecular flexibility index (Phi) is 4.38. The second-order valence-corrected chi connectivity index (χ2v) is 5.54. The fourth-order valence-electron chi connectivity index (χ4n) is 2.32. The first-order chi connectivity index (χ1) is 7.79. The van der Waals surface area contributed by atoms with Crippen molar-refractivity contribution >= 4 is 11.3 Å². The fourth-order valence-corrected chi connectivity index (χ4v) is 2.98. The van der Waals surface area contributed by atoms with Crippen molar-refractivity contribution in [1.82, 2.24) is 10.2 Å². The monoisotopic (exact) mass is 238 g/mol. The van der Waals surface area contributed by atoms with Crippen LogP contribution in [-0.2, 0) is 6.54 Å². The molecule has 1 fully saturated rings. The molecule has 0 spiro atoms. The van der Waals surface area contributed by atoms with Crippen LogP contribution < -0.4 is 5.32 Å². The zero-order chi connectivity index (χ0) is 11.4. The van der Waals surface area contributed by atoms with Crippen molar-refractivity contribution in [3.05, 3.63) is 22.4 Å². The van der Waals surface area contributed by atoms with Crippen LogP contribution in [0, 0.1) is 0 Å². The van der Waals surface area contributed by atoms with Crippen molar-refractivity contribution in [1.29, 1.82) is 0 Å². The molecule has 1 N–H and O–H groups in total. The first kappa shape index (κ1) is 12.1. The third kappa shape index (κ3) is 3.06. The molecule has 2 rings (SSSR count). The third-order valence-corrected chi connectivity index (χ3v) is 4.26. The van der Waals surface area contributed by atoms with Crippen LogP contribution in [0.4, 0.5) is 0 Å². The normalized spacial score (nSPS) is 27.9. The summed E-state index contributed by atoms with van der Waals surface area (Å²) < 4.78 is 0. The van der Waals surface area contributed by atoms with Crippen LogP contribution in [0.15, 0.2) is 16.8 Å². The highest BCUT2D eigenvalue weighted by Crippen LogP contribution is 2.16. The maximum atomic E-state index is 3.63. The van der Waals surface area contributed by atoms with Crippen molar-refractivity contribution < 1.29 is 0 Å². The molecule has 2 unspecified atom stereocenters. The van der Waals surface area contributed by atoms with E-state index in [1.54, 1.807) is 11.3 Å². The Hall–Kier alpha value is -0.380. The minimum atomic E-state index is 0.670. The van der Waals surface area contributed by atoms with Crippen molar-refractivity contribution in [3.8, 4) is 0 Å². The molecular formula is C13H22N2S. The highest BCUT2D eigenvalue weighted by atomic mass is 32.1. The number of rotatable bonds is 3. The molecule has 1 aliphatic rings. The van der Waals surface area contributed by atoms with Crippen LogP contribution in [0.1, 0.15) is 32.3 Å². The van der Waals surface area contributed by atoms with Crippen LogP contribution in [0.25, 0.3) is 0 Å². The van der Waals surface area contributed by atoms with Crippen LogP contribution in [0.3, 0.4) is 0 Å². The van der Waals surface area contributed by atoms with Crippen molar-refractivity contribution in [2.45, 2.75) is 45.3 Å². The second-order valence-electron chi connectivity index (χ2n) is 4.76. The highest BCUT2D eigenvalue weighted by molar-refractivity contribution is 7.07. The molecule has 16 heavy (non-hydrogen) atoms. The Morgan fingerprint density at radius 1 is 1.56 bits per heavy atom. The van der Waals surface area contributed by atoms with E-state index in [0.29, 0.717) is 12.1 Å². The standard InChI is InChI=1S/C13H22N2S/c1-3-13-9-15(11(2)4-6-14-13)8-12-5-7-16-10-12/h5,7,10-11,13-14H,3-4,6,8-9H2,1-2H3. The molecule has 0 aliphatic carbocycles. The minimum Gasteiger partial charge on any atom is -0.313 e. The SMILES string of the molecule is CCC1CN(Cc2ccsc2)C(C)CCN1. The maximum absolute atomic E-state index is 3.63. The van der Waals surface area contributed by atoms with E-state index in [0.717, 1.165) is 6.54 Å². The van der Waals surface area contributed by atoms with Gasteiger partial charge in [0.1, 0.15) is 0 Å². The average Bonchev–Trinajstić information content (AvgIpc) is 2.72. The summed E-state index contributed by atoms with van der Waals surface area (Å²) in [4.78, 5) is 2.62. The number of hydrogen-bond donors (Lipinski definition) is 1. The van der Waals surface area contributed by atoms with Crippen molar-refractivity contribution in [2.75, 3.05) is 13.1 Å². The van der Waals surface area contributed by atoms with Crippen LogP contribution in [-0.4, -0.2) is 30.1 Å². The van der Waals surface area contributed by atoms with Gasteiger partial charge in [-0.05, 0) is 48.7 Å². The summed E-state index contributed by atoms with van der Waals surface area (Å²) in [6.45, 7) is 8.10. The zero-order valence-corrected chi connectivity index (χ0v) is 11.1. The van der Waals surface area contributed by atoms with E-state index < -0.39 is 0 Å². The Balaban J connectivity index is 1.98. The molecule has 0 saturated carbocycles. The van der Waals surface area contributed by atoms with E-state index in [2.05, 4.69) is 40.9 Å². The zero-order valence-electron chi connectivity index (χ0n) is 10.3. The van der Waals surface area contributed by atoms with Gasteiger partial charge < -0.3 is 5.32 Å². The van der Waals surface area contributed by atoms with Crippen LogP contribution in [0.2, 0.25) is 0 Å². The van der Waals surface area contributed by atoms with Gasteiger partial charge in [-0.3, -0.25) is 4.90 Å². The highest BCUT2D eigenvalue weighted by Gasteiger charge is 2.21. The lowest BCUT2D eigenvalue weighted by molar-refractivity contribution is 0.195. The molecule has 0 aromatic carbocycles. The largest absolute Gasteiger partial charge is 0.313 e. The van der Waals surface area contributed by atoms with E-state index in [-0.39, 0.29) is 0 Å². The Labute approximate surface area is 103 Å². The van der Waals surface area contributed by atoms with Gasteiger partial charge in [-0.2, -0.15) is 11.3 Å². The predicted molar refractivity (Wildman–Crippen MR) is 70.9 cm³/mol. The Morgan fingerprint density at radius 2 is 2.44 bits per heavy atom. The van der Waals surface area contributed by atoms with E-state index in [1.807, 2.05) is 0 Å². The molecule has 1 saturated heterocycles. The minimum absolute atomic E-state index is 0.670. The summed E-state index contributed by atoms with van der Waals surface area (Å²) in [6.07, 6.45) is 2.49. The predicted octanol–water partition coefficient (Wildman–Crippen LogP) is 2.71. The number of hydrogen-bond acceptors (Lipinski definition) is 3. The van der Waals surface area contributed by atoms with Gasteiger partial charge in [0.05, 0.1) is 0 Å². The lowest BCUT2D eigenvalue weighted by Crippen LogP contribution is -2.39. The smallest absolute Gasteiger partial charge is 0.0245 e. The molecule has 90 valence electrons. The quantitative estimate of drug-likeness (QED) is 0.871. The molecule has 0 radical (unpaired) electrons. The lowest BCUT2D eigenvalue weighted by Gasteiger charge is -2.28. The number of nitrogens with zero attached hydrogens (tertiary/aromatic N) is 1. The van der Waals surface area contributed by atoms with Crippen molar-refractivity contribution in [2.24, 2.45) is 0 Å².